The van der Waals surface area contributed by atoms with Gasteiger partial charge in [-0.15, -0.1) is 0 Å². The number of carbonyl (C=O) groups is 4. The number of methoxy groups -OCH3 is 1. The highest BCUT2D eigenvalue weighted by molar-refractivity contribution is 6.09. The van der Waals surface area contributed by atoms with Gasteiger partial charge in [-0.3, -0.25) is 14.4 Å². The third-order valence-electron chi connectivity index (χ3n) is 7.57. The van der Waals surface area contributed by atoms with Crippen LogP contribution in [0, 0.1) is 0 Å². The minimum Gasteiger partial charge on any atom is -0.464 e. The number of Topliss-reactive ketones (excluding diaryl/α,β-unsaturated/α-hetero) is 2. The second-order valence-corrected chi connectivity index (χ2v) is 10.5. The number of piperidine rings is 1. The number of nitrogens with zero attached hydrogens (tertiary/aromatic N) is 1. The fraction of sp³-hybridized carbons (Fsp3) is 0.235. The van der Waals surface area contributed by atoms with Gasteiger partial charge < -0.3 is 19.7 Å². The number of aliphatic hydroxyl groups is 1. The van der Waals surface area contributed by atoms with Crippen LogP contribution in [0.1, 0.15) is 71.2 Å². The molecule has 1 fully saturated rings. The summed E-state index contributed by atoms with van der Waals surface area (Å²) in [5, 5.41) is 9.71. The standard InChI is InChI=1S/C34H32N2O6/c1-42-34(41)30-15-14-29(35-30)32(39)21-23-4-8-26(9-5-23)33(40)25-6-2-22(3-7-25)20-31(38)24-10-12-27(13-11-24)36-18-16-28(37)17-19-36/h2-15,28,35,37H,16-21H2,1H3. The lowest BCUT2D eigenvalue weighted by atomic mass is 9.97. The van der Waals surface area contributed by atoms with E-state index < -0.39 is 5.97 Å². The Bertz CT molecular complexity index is 1580. The van der Waals surface area contributed by atoms with Crippen molar-refractivity contribution >= 4 is 29.0 Å². The van der Waals surface area contributed by atoms with Crippen LogP contribution in [0.25, 0.3) is 0 Å². The third-order valence-corrected chi connectivity index (χ3v) is 7.57. The van der Waals surface area contributed by atoms with Gasteiger partial charge in [0.15, 0.2) is 17.3 Å². The van der Waals surface area contributed by atoms with E-state index in [1.54, 1.807) is 54.6 Å². The van der Waals surface area contributed by atoms with Crippen LogP contribution >= 0.6 is 0 Å². The van der Waals surface area contributed by atoms with E-state index in [0.717, 1.165) is 42.7 Å². The van der Waals surface area contributed by atoms with Crippen LogP contribution in [0.2, 0.25) is 0 Å². The molecule has 8 heteroatoms. The highest BCUT2D eigenvalue weighted by Crippen LogP contribution is 2.22. The summed E-state index contributed by atoms with van der Waals surface area (Å²) in [6, 6.07) is 24.5. The molecule has 214 valence electrons. The second kappa shape index (κ2) is 12.8. The number of aliphatic hydroxyl groups excluding tert-OH is 1. The monoisotopic (exact) mass is 564 g/mol. The molecule has 0 bridgehead atoms. The Morgan fingerprint density at radius 1 is 0.714 bits per heavy atom. The minimum absolute atomic E-state index is 0.000646. The molecule has 5 rings (SSSR count). The molecule has 0 spiro atoms. The molecule has 4 aromatic rings. The van der Waals surface area contributed by atoms with E-state index in [0.29, 0.717) is 22.4 Å². The highest BCUT2D eigenvalue weighted by Gasteiger charge is 2.18. The summed E-state index contributed by atoms with van der Waals surface area (Å²) < 4.78 is 4.65. The molecule has 1 aliphatic heterocycles. The van der Waals surface area contributed by atoms with Crippen LogP contribution in [0.3, 0.4) is 0 Å². The average molecular weight is 565 g/mol. The zero-order valence-electron chi connectivity index (χ0n) is 23.3. The number of aromatic nitrogens is 1. The van der Waals surface area contributed by atoms with Crippen LogP contribution in [0.15, 0.2) is 84.9 Å². The topological polar surface area (TPSA) is 117 Å². The number of rotatable bonds is 10. The average Bonchev–Trinajstić information content (AvgIpc) is 3.52. The van der Waals surface area contributed by atoms with Gasteiger partial charge in [-0.05, 0) is 60.4 Å². The molecule has 1 saturated heterocycles. The number of H-pyrrole nitrogens is 1. The Morgan fingerprint density at radius 3 is 1.76 bits per heavy atom. The lowest BCUT2D eigenvalue weighted by Crippen LogP contribution is -2.35. The van der Waals surface area contributed by atoms with Crippen molar-refractivity contribution < 1.29 is 29.0 Å². The van der Waals surface area contributed by atoms with Gasteiger partial charge in [-0.2, -0.15) is 0 Å². The number of ether oxygens (including phenoxy) is 1. The number of carbonyl (C=O) groups excluding carboxylic acids is 4. The van der Waals surface area contributed by atoms with E-state index in [2.05, 4.69) is 14.6 Å². The van der Waals surface area contributed by atoms with Gasteiger partial charge in [-0.1, -0.05) is 48.5 Å². The largest absolute Gasteiger partial charge is 0.464 e. The van der Waals surface area contributed by atoms with Crippen LogP contribution in [0.5, 0.6) is 0 Å². The Kier molecular flexibility index (Phi) is 8.74. The van der Waals surface area contributed by atoms with E-state index in [4.69, 9.17) is 0 Å². The van der Waals surface area contributed by atoms with Gasteiger partial charge in [0.05, 0.1) is 18.9 Å². The molecule has 0 unspecified atom stereocenters. The van der Waals surface area contributed by atoms with Crippen LogP contribution in [0.4, 0.5) is 5.69 Å². The number of hydrogen-bond donors (Lipinski definition) is 2. The van der Waals surface area contributed by atoms with E-state index in [9.17, 15) is 24.3 Å². The zero-order valence-corrected chi connectivity index (χ0v) is 23.3. The molecule has 1 aliphatic rings. The molecule has 2 N–H and O–H groups in total. The summed E-state index contributed by atoms with van der Waals surface area (Å²) in [5.74, 6) is -0.884. The molecule has 0 atom stereocenters. The molecule has 42 heavy (non-hydrogen) atoms. The Morgan fingerprint density at radius 2 is 1.21 bits per heavy atom. The first kappa shape index (κ1) is 28.7. The molecular formula is C34H32N2O6. The SMILES string of the molecule is COC(=O)c1ccc(C(=O)Cc2ccc(C(=O)c3ccc(CC(=O)c4ccc(N5CCC(O)CC5)cc4)cc3)cc2)[nH]1. The van der Waals surface area contributed by atoms with Gasteiger partial charge in [0.2, 0.25) is 0 Å². The first-order valence-electron chi connectivity index (χ1n) is 13.9. The summed E-state index contributed by atoms with van der Waals surface area (Å²) in [5.41, 5.74) is 4.76. The fourth-order valence-electron chi connectivity index (χ4n) is 5.05. The summed E-state index contributed by atoms with van der Waals surface area (Å²) in [4.78, 5) is 55.1. The van der Waals surface area contributed by atoms with E-state index in [-0.39, 0.29) is 42.0 Å². The second-order valence-electron chi connectivity index (χ2n) is 10.5. The maximum atomic E-state index is 13.0. The number of anilines is 1. The van der Waals surface area contributed by atoms with Crippen molar-refractivity contribution in [3.8, 4) is 0 Å². The van der Waals surface area contributed by atoms with E-state index >= 15 is 0 Å². The van der Waals surface area contributed by atoms with E-state index in [1.165, 1.54) is 13.2 Å². The number of hydrogen-bond acceptors (Lipinski definition) is 7. The molecule has 3 aromatic carbocycles. The number of aromatic amines is 1. The minimum atomic E-state index is -0.544. The van der Waals surface area contributed by atoms with Gasteiger partial charge in [0.1, 0.15) is 5.69 Å². The van der Waals surface area contributed by atoms with Crippen molar-refractivity contribution in [3.63, 3.8) is 0 Å². The fourth-order valence-corrected chi connectivity index (χ4v) is 5.05. The van der Waals surface area contributed by atoms with Crippen LogP contribution in [-0.2, 0) is 17.6 Å². The van der Waals surface area contributed by atoms with Crippen molar-refractivity contribution in [2.45, 2.75) is 31.8 Å². The Balaban J connectivity index is 1.15. The van der Waals surface area contributed by atoms with Crippen molar-refractivity contribution in [2.75, 3.05) is 25.1 Å². The molecule has 0 amide bonds. The molecule has 2 heterocycles. The molecule has 8 nitrogen and oxygen atoms in total. The predicted molar refractivity (Wildman–Crippen MR) is 158 cm³/mol. The van der Waals surface area contributed by atoms with Gasteiger partial charge in [0.25, 0.3) is 0 Å². The lowest BCUT2D eigenvalue weighted by Gasteiger charge is -2.31. The third kappa shape index (κ3) is 6.72. The predicted octanol–water partition coefficient (Wildman–Crippen LogP) is 4.84. The first-order chi connectivity index (χ1) is 20.3. The summed E-state index contributed by atoms with van der Waals surface area (Å²) in [6.45, 7) is 1.61. The van der Waals surface area contributed by atoms with Crippen molar-refractivity contribution in [3.05, 3.63) is 124 Å². The van der Waals surface area contributed by atoms with Crippen molar-refractivity contribution in [1.29, 1.82) is 0 Å². The van der Waals surface area contributed by atoms with Crippen molar-refractivity contribution in [1.82, 2.24) is 4.98 Å². The van der Waals surface area contributed by atoms with Crippen LogP contribution < -0.4 is 4.90 Å². The number of esters is 1. The smallest absolute Gasteiger partial charge is 0.354 e. The summed E-state index contributed by atoms with van der Waals surface area (Å²) >= 11 is 0. The number of benzene rings is 3. The normalized spacial score (nSPS) is 13.5. The lowest BCUT2D eigenvalue weighted by molar-refractivity contribution is 0.0594. The van der Waals surface area contributed by atoms with Gasteiger partial charge >= 0.3 is 5.97 Å². The first-order valence-corrected chi connectivity index (χ1v) is 13.9. The van der Waals surface area contributed by atoms with Crippen molar-refractivity contribution in [2.24, 2.45) is 0 Å². The molecule has 1 aromatic heterocycles. The molecule has 0 radical (unpaired) electrons. The van der Waals surface area contributed by atoms with Gasteiger partial charge in [-0.25, -0.2) is 4.79 Å². The van der Waals surface area contributed by atoms with Crippen LogP contribution in [-0.4, -0.2) is 59.7 Å². The summed E-state index contributed by atoms with van der Waals surface area (Å²) in [7, 11) is 1.27. The van der Waals surface area contributed by atoms with Gasteiger partial charge in [0, 0.05) is 48.3 Å². The zero-order chi connectivity index (χ0) is 29.6. The van der Waals surface area contributed by atoms with E-state index in [1.807, 2.05) is 24.3 Å². The Hall–Kier alpha value is -4.82. The highest BCUT2D eigenvalue weighted by atomic mass is 16.5. The maximum Gasteiger partial charge on any atom is 0.354 e. The number of ketones is 3. The molecular weight excluding hydrogens is 532 g/mol. The number of nitrogens with one attached hydrogen (secondary N) is 1. The molecule has 0 saturated carbocycles. The Labute approximate surface area is 243 Å². The maximum absolute atomic E-state index is 13.0. The quantitative estimate of drug-likeness (QED) is 0.209. The summed E-state index contributed by atoms with van der Waals surface area (Å²) in [6.07, 6.45) is 1.62. The molecule has 0 aliphatic carbocycles.